The average Bonchev–Trinajstić information content (AvgIpc) is 2.46. The topological polar surface area (TPSA) is 55.8 Å². The van der Waals surface area contributed by atoms with Crippen molar-refractivity contribution < 1.29 is 19.4 Å². The lowest BCUT2D eigenvalue weighted by molar-refractivity contribution is -0.255. The van der Waals surface area contributed by atoms with Crippen LogP contribution in [0.3, 0.4) is 0 Å². The molecule has 1 fully saturated rings. The van der Waals surface area contributed by atoms with E-state index in [1.165, 1.54) is 0 Å². The van der Waals surface area contributed by atoms with Gasteiger partial charge in [-0.1, -0.05) is 30.3 Å². The van der Waals surface area contributed by atoms with Crippen LogP contribution >= 0.6 is 0 Å². The molecule has 2 atom stereocenters. The molecule has 1 aliphatic rings. The minimum atomic E-state index is -1.37. The highest BCUT2D eigenvalue weighted by Gasteiger charge is 2.41. The van der Waals surface area contributed by atoms with Crippen molar-refractivity contribution in [1.82, 2.24) is 0 Å². The molecule has 1 heterocycles. The lowest BCUT2D eigenvalue weighted by atomic mass is 9.93. The molecule has 0 spiro atoms. The van der Waals surface area contributed by atoms with Crippen LogP contribution in [0.1, 0.15) is 31.7 Å². The van der Waals surface area contributed by atoms with E-state index in [0.29, 0.717) is 13.0 Å². The molecule has 0 aromatic heterocycles. The number of hydrogen-bond donors (Lipinski definition) is 1. The van der Waals surface area contributed by atoms with E-state index in [1.807, 2.05) is 30.3 Å². The maximum absolute atomic E-state index is 12.0. The van der Waals surface area contributed by atoms with E-state index in [-0.39, 0.29) is 6.61 Å². The second kappa shape index (κ2) is 6.17. The number of rotatable bonds is 4. The summed E-state index contributed by atoms with van der Waals surface area (Å²) in [5.41, 5.74) is 0.930. The highest BCUT2D eigenvalue weighted by atomic mass is 16.6. The molecule has 104 valence electrons. The summed E-state index contributed by atoms with van der Waals surface area (Å²) in [6.07, 6.45) is 2.27. The molecule has 1 N–H and O–H groups in total. The van der Waals surface area contributed by atoms with Crippen LogP contribution in [-0.4, -0.2) is 23.5 Å². The molecular formula is C15H20O4. The predicted octanol–water partition coefficient (Wildman–Crippen LogP) is 2.25. The average molecular weight is 264 g/mol. The summed E-state index contributed by atoms with van der Waals surface area (Å²) in [5, 5.41) is 10.3. The fourth-order valence-corrected chi connectivity index (χ4v) is 2.18. The van der Waals surface area contributed by atoms with Gasteiger partial charge in [0.05, 0.1) is 6.61 Å². The summed E-state index contributed by atoms with van der Waals surface area (Å²) in [6, 6.07) is 9.48. The molecule has 1 aromatic rings. The van der Waals surface area contributed by atoms with E-state index >= 15 is 0 Å². The van der Waals surface area contributed by atoms with Gasteiger partial charge in [-0.15, -0.1) is 0 Å². The first-order chi connectivity index (χ1) is 9.12. The SMILES string of the molecule is CC(C(=O)OCc1ccccc1)C1(O)CCCCO1. The number of ether oxygens (including phenoxy) is 2. The van der Waals surface area contributed by atoms with Crippen LogP contribution in [0.15, 0.2) is 30.3 Å². The van der Waals surface area contributed by atoms with E-state index in [9.17, 15) is 9.90 Å². The van der Waals surface area contributed by atoms with Gasteiger partial charge in [-0.3, -0.25) is 4.79 Å². The molecular weight excluding hydrogens is 244 g/mol. The number of benzene rings is 1. The standard InChI is InChI=1S/C15H20O4/c1-12(15(17)9-5-6-10-19-15)14(16)18-11-13-7-3-2-4-8-13/h2-4,7-8,12,17H,5-6,9-11H2,1H3. The molecule has 1 saturated heterocycles. The van der Waals surface area contributed by atoms with Crippen molar-refractivity contribution in [1.29, 1.82) is 0 Å². The Balaban J connectivity index is 1.88. The van der Waals surface area contributed by atoms with Crippen molar-refractivity contribution in [2.45, 2.75) is 38.6 Å². The molecule has 1 aromatic carbocycles. The summed E-state index contributed by atoms with van der Waals surface area (Å²) in [4.78, 5) is 12.0. The minimum Gasteiger partial charge on any atom is -0.460 e. The van der Waals surface area contributed by atoms with Crippen molar-refractivity contribution >= 4 is 5.97 Å². The van der Waals surface area contributed by atoms with Gasteiger partial charge in [-0.25, -0.2) is 0 Å². The molecule has 19 heavy (non-hydrogen) atoms. The molecule has 0 amide bonds. The third-order valence-electron chi connectivity index (χ3n) is 3.54. The normalized spacial score (nSPS) is 24.7. The Morgan fingerprint density at radius 1 is 1.42 bits per heavy atom. The maximum atomic E-state index is 12.0. The monoisotopic (exact) mass is 264 g/mol. The first kappa shape index (κ1) is 14.0. The van der Waals surface area contributed by atoms with Crippen LogP contribution in [-0.2, 0) is 20.9 Å². The van der Waals surface area contributed by atoms with E-state index in [0.717, 1.165) is 18.4 Å². The van der Waals surface area contributed by atoms with Gasteiger partial charge in [0.25, 0.3) is 0 Å². The number of carbonyl (C=O) groups is 1. The summed E-state index contributed by atoms with van der Waals surface area (Å²) in [7, 11) is 0. The van der Waals surface area contributed by atoms with Crippen molar-refractivity contribution in [3.05, 3.63) is 35.9 Å². The summed E-state index contributed by atoms with van der Waals surface area (Å²) in [6.45, 7) is 2.37. The van der Waals surface area contributed by atoms with Crippen molar-refractivity contribution in [3.8, 4) is 0 Å². The Hall–Kier alpha value is -1.39. The lowest BCUT2D eigenvalue weighted by Gasteiger charge is -2.35. The Morgan fingerprint density at radius 3 is 2.79 bits per heavy atom. The largest absolute Gasteiger partial charge is 0.460 e. The highest BCUT2D eigenvalue weighted by molar-refractivity contribution is 5.73. The zero-order valence-corrected chi connectivity index (χ0v) is 11.2. The zero-order chi connectivity index (χ0) is 13.7. The van der Waals surface area contributed by atoms with Crippen LogP contribution < -0.4 is 0 Å². The lowest BCUT2D eigenvalue weighted by Crippen LogP contribution is -2.46. The van der Waals surface area contributed by atoms with Gasteiger partial charge in [-0.05, 0) is 25.3 Å². The zero-order valence-electron chi connectivity index (χ0n) is 11.2. The van der Waals surface area contributed by atoms with Crippen molar-refractivity contribution in [3.63, 3.8) is 0 Å². The Bertz CT molecular complexity index is 409. The molecule has 0 bridgehead atoms. The number of esters is 1. The Labute approximate surface area is 113 Å². The Kier molecular flexibility index (Phi) is 4.56. The van der Waals surface area contributed by atoms with Crippen LogP contribution in [0.25, 0.3) is 0 Å². The van der Waals surface area contributed by atoms with E-state index < -0.39 is 17.7 Å². The third-order valence-corrected chi connectivity index (χ3v) is 3.54. The van der Waals surface area contributed by atoms with Gasteiger partial charge >= 0.3 is 5.97 Å². The van der Waals surface area contributed by atoms with Gasteiger partial charge in [-0.2, -0.15) is 0 Å². The number of hydrogen-bond acceptors (Lipinski definition) is 4. The molecule has 0 saturated carbocycles. The van der Waals surface area contributed by atoms with E-state index in [2.05, 4.69) is 0 Å². The fraction of sp³-hybridized carbons (Fsp3) is 0.533. The summed E-state index contributed by atoms with van der Waals surface area (Å²) >= 11 is 0. The van der Waals surface area contributed by atoms with Crippen molar-refractivity contribution in [2.24, 2.45) is 5.92 Å². The van der Waals surface area contributed by atoms with Gasteiger partial charge < -0.3 is 14.6 Å². The number of aliphatic hydroxyl groups is 1. The molecule has 2 rings (SSSR count). The van der Waals surface area contributed by atoms with E-state index in [1.54, 1.807) is 6.92 Å². The molecule has 0 aliphatic carbocycles. The molecule has 0 radical (unpaired) electrons. The van der Waals surface area contributed by atoms with Gasteiger partial charge in [0.1, 0.15) is 12.5 Å². The van der Waals surface area contributed by atoms with E-state index in [4.69, 9.17) is 9.47 Å². The second-order valence-corrected chi connectivity index (χ2v) is 4.97. The van der Waals surface area contributed by atoms with Crippen LogP contribution in [0.4, 0.5) is 0 Å². The molecule has 1 aliphatic heterocycles. The quantitative estimate of drug-likeness (QED) is 0.847. The fourth-order valence-electron chi connectivity index (χ4n) is 2.18. The van der Waals surface area contributed by atoms with Gasteiger partial charge in [0.2, 0.25) is 0 Å². The smallest absolute Gasteiger partial charge is 0.314 e. The first-order valence-corrected chi connectivity index (χ1v) is 6.69. The van der Waals surface area contributed by atoms with Gasteiger partial charge in [0.15, 0.2) is 5.79 Å². The molecule has 4 heteroatoms. The third kappa shape index (κ3) is 3.55. The molecule has 2 unspecified atom stereocenters. The van der Waals surface area contributed by atoms with Crippen LogP contribution in [0.5, 0.6) is 0 Å². The minimum absolute atomic E-state index is 0.222. The highest BCUT2D eigenvalue weighted by Crippen LogP contribution is 2.30. The van der Waals surface area contributed by atoms with Crippen LogP contribution in [0.2, 0.25) is 0 Å². The predicted molar refractivity (Wildman–Crippen MR) is 70.2 cm³/mol. The Morgan fingerprint density at radius 2 is 2.16 bits per heavy atom. The first-order valence-electron chi connectivity index (χ1n) is 6.69. The van der Waals surface area contributed by atoms with Gasteiger partial charge in [0, 0.05) is 6.42 Å². The summed E-state index contributed by atoms with van der Waals surface area (Å²) < 4.78 is 10.6. The summed E-state index contributed by atoms with van der Waals surface area (Å²) in [5.74, 6) is -2.46. The maximum Gasteiger partial charge on any atom is 0.314 e. The van der Waals surface area contributed by atoms with Crippen LogP contribution in [0, 0.1) is 5.92 Å². The number of carbonyl (C=O) groups excluding carboxylic acids is 1. The second-order valence-electron chi connectivity index (χ2n) is 4.97. The van der Waals surface area contributed by atoms with Crippen molar-refractivity contribution in [2.75, 3.05) is 6.61 Å². The molecule has 4 nitrogen and oxygen atoms in total.